The van der Waals surface area contributed by atoms with E-state index in [1.54, 1.807) is 7.11 Å². The largest absolute Gasteiger partial charge is 0.497 e. The smallest absolute Gasteiger partial charge is 0.227 e. The van der Waals surface area contributed by atoms with Crippen LogP contribution in [0.2, 0.25) is 0 Å². The standard InChI is InChI=1S/C15H21NO2.C3H8.H2/c1-11-4-3-5-12(10-11)15(17)16-13-6-8-14(18-2)9-7-13;1-3-2;/h6-9,11-12H,3-5,10H2,1-2H3,(H,16,17);3H2,1-2H3;1H/t11-,12+;;/m1../s1. The average molecular weight is 293 g/mol. The molecule has 2 atom stereocenters. The van der Waals surface area contributed by atoms with Crippen LogP contribution >= 0.6 is 0 Å². The fourth-order valence-corrected chi connectivity index (χ4v) is 2.59. The number of carbonyl (C=O) groups is 1. The zero-order chi connectivity index (χ0) is 15.7. The molecular formula is C18H31NO2. The van der Waals surface area contributed by atoms with Gasteiger partial charge in [0.05, 0.1) is 7.11 Å². The molecule has 0 radical (unpaired) electrons. The van der Waals surface area contributed by atoms with E-state index in [9.17, 15) is 4.79 Å². The molecule has 1 N–H and O–H groups in total. The number of ether oxygens (including phenoxy) is 1. The monoisotopic (exact) mass is 293 g/mol. The normalized spacial score (nSPS) is 21.0. The minimum absolute atomic E-state index is 0. The predicted octanol–water partition coefficient (Wildman–Crippen LogP) is 5.12. The maximum absolute atomic E-state index is 12.1. The molecule has 0 aliphatic heterocycles. The molecule has 1 aromatic rings. The Morgan fingerprint density at radius 1 is 1.29 bits per heavy atom. The van der Waals surface area contributed by atoms with E-state index >= 15 is 0 Å². The number of benzene rings is 1. The van der Waals surface area contributed by atoms with Crippen LogP contribution in [0.5, 0.6) is 5.75 Å². The Morgan fingerprint density at radius 3 is 2.43 bits per heavy atom. The maximum atomic E-state index is 12.1. The number of nitrogens with one attached hydrogen (secondary N) is 1. The first-order valence-electron chi connectivity index (χ1n) is 8.05. The zero-order valence-electron chi connectivity index (χ0n) is 13.8. The van der Waals surface area contributed by atoms with E-state index in [4.69, 9.17) is 4.74 Å². The summed E-state index contributed by atoms with van der Waals surface area (Å²) in [6.45, 7) is 6.48. The van der Waals surface area contributed by atoms with Gasteiger partial charge in [-0.15, -0.1) is 0 Å². The van der Waals surface area contributed by atoms with E-state index in [0.29, 0.717) is 5.92 Å². The van der Waals surface area contributed by atoms with Gasteiger partial charge in [0.1, 0.15) is 5.75 Å². The number of hydrogen-bond acceptors (Lipinski definition) is 2. The maximum Gasteiger partial charge on any atom is 0.227 e. The fraction of sp³-hybridized carbons (Fsp3) is 0.611. The zero-order valence-corrected chi connectivity index (χ0v) is 13.8. The van der Waals surface area contributed by atoms with Crippen molar-refractivity contribution in [1.82, 2.24) is 0 Å². The highest BCUT2D eigenvalue weighted by molar-refractivity contribution is 5.92. The van der Waals surface area contributed by atoms with Gasteiger partial charge in [0, 0.05) is 13.0 Å². The van der Waals surface area contributed by atoms with Crippen molar-refractivity contribution in [2.75, 3.05) is 12.4 Å². The average Bonchev–Trinajstić information content (AvgIpc) is 2.49. The highest BCUT2D eigenvalue weighted by Gasteiger charge is 2.24. The molecule has 1 aliphatic carbocycles. The lowest BCUT2D eigenvalue weighted by Gasteiger charge is -2.25. The summed E-state index contributed by atoms with van der Waals surface area (Å²) in [5.41, 5.74) is 0.846. The summed E-state index contributed by atoms with van der Waals surface area (Å²) in [5, 5.41) is 2.99. The number of rotatable bonds is 3. The van der Waals surface area contributed by atoms with Crippen molar-refractivity contribution in [3.05, 3.63) is 24.3 Å². The number of amides is 1. The van der Waals surface area contributed by atoms with Crippen molar-refractivity contribution in [1.29, 1.82) is 0 Å². The third-order valence-electron chi connectivity index (χ3n) is 3.66. The first kappa shape index (κ1) is 17.5. The second-order valence-corrected chi connectivity index (χ2v) is 5.89. The fourth-order valence-electron chi connectivity index (χ4n) is 2.59. The second-order valence-electron chi connectivity index (χ2n) is 5.89. The van der Waals surface area contributed by atoms with E-state index in [1.165, 1.54) is 19.3 Å². The molecule has 1 aromatic carbocycles. The molecule has 3 heteroatoms. The quantitative estimate of drug-likeness (QED) is 0.839. The Hall–Kier alpha value is -1.51. The van der Waals surface area contributed by atoms with Gasteiger partial charge in [-0.1, -0.05) is 40.0 Å². The molecular weight excluding hydrogens is 262 g/mol. The molecule has 1 saturated carbocycles. The molecule has 0 spiro atoms. The molecule has 120 valence electrons. The van der Waals surface area contributed by atoms with E-state index in [0.717, 1.165) is 24.3 Å². The first-order chi connectivity index (χ1) is 10.1. The van der Waals surface area contributed by atoms with Gasteiger partial charge < -0.3 is 10.1 Å². The lowest BCUT2D eigenvalue weighted by Crippen LogP contribution is -2.27. The van der Waals surface area contributed by atoms with Gasteiger partial charge in [0.2, 0.25) is 5.91 Å². The first-order valence-corrected chi connectivity index (χ1v) is 8.05. The Labute approximate surface area is 130 Å². The van der Waals surface area contributed by atoms with Crippen molar-refractivity contribution in [2.24, 2.45) is 11.8 Å². The minimum Gasteiger partial charge on any atom is -0.497 e. The highest BCUT2D eigenvalue weighted by atomic mass is 16.5. The van der Waals surface area contributed by atoms with Gasteiger partial charge >= 0.3 is 0 Å². The van der Waals surface area contributed by atoms with E-state index in [-0.39, 0.29) is 13.3 Å². The van der Waals surface area contributed by atoms with Gasteiger partial charge in [0.25, 0.3) is 0 Å². The Morgan fingerprint density at radius 2 is 1.90 bits per heavy atom. The van der Waals surface area contributed by atoms with Crippen LogP contribution in [0.25, 0.3) is 0 Å². The van der Waals surface area contributed by atoms with Crippen LogP contribution in [0.4, 0.5) is 5.69 Å². The molecule has 1 aliphatic rings. The van der Waals surface area contributed by atoms with Crippen LogP contribution in [0.15, 0.2) is 24.3 Å². The summed E-state index contributed by atoms with van der Waals surface area (Å²) >= 11 is 0. The van der Waals surface area contributed by atoms with E-state index < -0.39 is 0 Å². The molecule has 0 bridgehead atoms. The van der Waals surface area contributed by atoms with Crippen molar-refractivity contribution in [3.63, 3.8) is 0 Å². The van der Waals surface area contributed by atoms with Crippen LogP contribution in [0.3, 0.4) is 0 Å². The highest BCUT2D eigenvalue weighted by Crippen LogP contribution is 2.29. The van der Waals surface area contributed by atoms with Crippen molar-refractivity contribution in [2.45, 2.75) is 52.9 Å². The number of hydrogen-bond donors (Lipinski definition) is 1. The lowest BCUT2D eigenvalue weighted by molar-refractivity contribution is -0.121. The predicted molar refractivity (Wildman–Crippen MR) is 90.8 cm³/mol. The minimum atomic E-state index is 0. The summed E-state index contributed by atoms with van der Waals surface area (Å²) in [6, 6.07) is 7.48. The molecule has 3 nitrogen and oxygen atoms in total. The molecule has 0 saturated heterocycles. The van der Waals surface area contributed by atoms with Crippen molar-refractivity contribution >= 4 is 11.6 Å². The Kier molecular flexibility index (Phi) is 7.88. The number of anilines is 1. The van der Waals surface area contributed by atoms with Crippen LogP contribution < -0.4 is 10.1 Å². The molecule has 0 unspecified atom stereocenters. The van der Waals surface area contributed by atoms with Crippen LogP contribution in [0, 0.1) is 11.8 Å². The van der Waals surface area contributed by atoms with E-state index in [1.807, 2.05) is 24.3 Å². The Bertz CT molecular complexity index is 420. The van der Waals surface area contributed by atoms with Gasteiger partial charge in [-0.05, 0) is 43.0 Å². The summed E-state index contributed by atoms with van der Waals surface area (Å²) in [7, 11) is 1.64. The van der Waals surface area contributed by atoms with Crippen LogP contribution in [-0.2, 0) is 4.79 Å². The third-order valence-corrected chi connectivity index (χ3v) is 3.66. The van der Waals surface area contributed by atoms with Crippen LogP contribution in [0.1, 0.15) is 54.3 Å². The van der Waals surface area contributed by atoms with Gasteiger partial charge in [-0.2, -0.15) is 0 Å². The van der Waals surface area contributed by atoms with Gasteiger partial charge in [-0.25, -0.2) is 0 Å². The van der Waals surface area contributed by atoms with Gasteiger partial charge in [0.15, 0.2) is 0 Å². The Balaban J connectivity index is 0.00000102. The van der Waals surface area contributed by atoms with Gasteiger partial charge in [-0.3, -0.25) is 4.79 Å². The second kappa shape index (κ2) is 9.43. The summed E-state index contributed by atoms with van der Waals surface area (Å²) in [6.07, 6.45) is 5.71. The molecule has 1 amide bonds. The molecule has 2 rings (SSSR count). The lowest BCUT2D eigenvalue weighted by atomic mass is 9.82. The molecule has 1 fully saturated rings. The van der Waals surface area contributed by atoms with E-state index in [2.05, 4.69) is 26.1 Å². The number of methoxy groups -OCH3 is 1. The molecule has 0 heterocycles. The molecule has 21 heavy (non-hydrogen) atoms. The summed E-state index contributed by atoms with van der Waals surface area (Å²) < 4.78 is 5.09. The van der Waals surface area contributed by atoms with Crippen molar-refractivity contribution < 1.29 is 11.0 Å². The number of carbonyl (C=O) groups excluding carboxylic acids is 1. The van der Waals surface area contributed by atoms with Crippen molar-refractivity contribution in [3.8, 4) is 5.75 Å². The summed E-state index contributed by atoms with van der Waals surface area (Å²) in [5.74, 6) is 1.81. The topological polar surface area (TPSA) is 38.3 Å². The van der Waals surface area contributed by atoms with Crippen LogP contribution in [-0.4, -0.2) is 13.0 Å². The third kappa shape index (κ3) is 6.19. The summed E-state index contributed by atoms with van der Waals surface area (Å²) in [4.78, 5) is 12.1. The molecule has 0 aromatic heterocycles. The SMILES string of the molecule is CCC.COc1ccc(NC(=O)[C@H]2CCC[C@@H](C)C2)cc1.[HH].